The minimum atomic E-state index is -0.426. The molecular formula is C27H25ClN4O5. The highest BCUT2D eigenvalue weighted by molar-refractivity contribution is 6.32. The highest BCUT2D eigenvalue weighted by Crippen LogP contribution is 2.43. The van der Waals surface area contributed by atoms with Crippen LogP contribution in [0.25, 0.3) is 11.3 Å². The standard InChI is InChI=1S/C27H25ClN4O5/c1-3-5-22(33)32-12-9-16(32)15-37-21-14-29-11-8-17(21)24-25(23-19(30-24)10-13-36-27(23)34)31-20-7-4-6-18(28)26(20)35-2/h4,6-8,11,14,16,30-31H,9-10,12-13,15H2,1-2H3/t16-/m0/s1. The minimum absolute atomic E-state index is 0.0680. The summed E-state index contributed by atoms with van der Waals surface area (Å²) < 4.78 is 17.0. The highest BCUT2D eigenvalue weighted by atomic mass is 35.5. The van der Waals surface area contributed by atoms with E-state index in [2.05, 4.69) is 27.1 Å². The number of aromatic nitrogens is 2. The number of carbonyl (C=O) groups is 2. The molecule has 0 spiro atoms. The number of likely N-dealkylation sites (tertiary alicyclic amines) is 1. The van der Waals surface area contributed by atoms with Gasteiger partial charge in [-0.05, 0) is 37.5 Å². The number of H-pyrrole nitrogens is 1. The van der Waals surface area contributed by atoms with Crippen molar-refractivity contribution >= 4 is 34.9 Å². The first kappa shape index (κ1) is 24.5. The van der Waals surface area contributed by atoms with Gasteiger partial charge in [0.25, 0.3) is 5.91 Å². The van der Waals surface area contributed by atoms with Crippen LogP contribution in [0.15, 0.2) is 36.7 Å². The summed E-state index contributed by atoms with van der Waals surface area (Å²) in [6.45, 7) is 2.88. The molecule has 10 heteroatoms. The van der Waals surface area contributed by atoms with Gasteiger partial charge in [0.15, 0.2) is 5.75 Å². The fourth-order valence-electron chi connectivity index (χ4n) is 4.51. The number of amides is 1. The lowest BCUT2D eigenvalue weighted by atomic mass is 10.0. The van der Waals surface area contributed by atoms with Crippen molar-refractivity contribution < 1.29 is 23.8 Å². The molecule has 1 atom stereocenters. The van der Waals surface area contributed by atoms with Crippen molar-refractivity contribution in [3.8, 4) is 34.6 Å². The van der Waals surface area contributed by atoms with E-state index in [0.29, 0.717) is 64.3 Å². The molecule has 2 aliphatic heterocycles. The van der Waals surface area contributed by atoms with E-state index in [9.17, 15) is 9.59 Å². The Balaban J connectivity index is 1.51. The van der Waals surface area contributed by atoms with E-state index in [0.717, 1.165) is 12.1 Å². The maximum atomic E-state index is 12.8. The summed E-state index contributed by atoms with van der Waals surface area (Å²) in [5, 5.41) is 3.77. The highest BCUT2D eigenvalue weighted by Gasteiger charge is 2.33. The van der Waals surface area contributed by atoms with E-state index < -0.39 is 5.97 Å². The van der Waals surface area contributed by atoms with Gasteiger partial charge in [-0.2, -0.15) is 0 Å². The Morgan fingerprint density at radius 2 is 2.24 bits per heavy atom. The van der Waals surface area contributed by atoms with Crippen molar-refractivity contribution in [3.05, 3.63) is 52.9 Å². The van der Waals surface area contributed by atoms with Gasteiger partial charge in [0.2, 0.25) is 0 Å². The summed E-state index contributed by atoms with van der Waals surface area (Å²) in [4.78, 5) is 34.3. The molecule has 1 amide bonds. The zero-order chi connectivity index (χ0) is 25.9. The van der Waals surface area contributed by atoms with Crippen LogP contribution in [0.1, 0.15) is 29.4 Å². The second kappa shape index (κ2) is 10.4. The molecule has 1 aromatic carbocycles. The number of benzene rings is 1. The number of halogens is 1. The van der Waals surface area contributed by atoms with Crippen LogP contribution in [0, 0.1) is 11.8 Å². The van der Waals surface area contributed by atoms with E-state index in [4.69, 9.17) is 25.8 Å². The van der Waals surface area contributed by atoms with Crippen LogP contribution >= 0.6 is 11.6 Å². The first-order valence-corrected chi connectivity index (χ1v) is 12.2. The Morgan fingerprint density at radius 3 is 3.00 bits per heavy atom. The Morgan fingerprint density at radius 1 is 1.38 bits per heavy atom. The molecular weight excluding hydrogens is 496 g/mol. The fraction of sp³-hybridized carbons (Fsp3) is 0.296. The molecule has 9 nitrogen and oxygen atoms in total. The van der Waals surface area contributed by atoms with Crippen LogP contribution in [0.2, 0.25) is 5.02 Å². The lowest BCUT2D eigenvalue weighted by Crippen LogP contribution is -2.53. The third-order valence-corrected chi connectivity index (χ3v) is 6.72. The number of rotatable bonds is 7. The summed E-state index contributed by atoms with van der Waals surface area (Å²) in [5.74, 6) is 5.56. The molecule has 5 rings (SSSR count). The molecule has 2 aliphatic rings. The smallest absolute Gasteiger partial charge is 0.342 e. The number of carbonyl (C=O) groups excluding carboxylic acids is 2. The van der Waals surface area contributed by atoms with Gasteiger partial charge in [-0.25, -0.2) is 4.79 Å². The third kappa shape index (κ3) is 4.68. The molecule has 2 N–H and O–H groups in total. The predicted octanol–water partition coefficient (Wildman–Crippen LogP) is 4.20. The van der Waals surface area contributed by atoms with E-state index >= 15 is 0 Å². The van der Waals surface area contributed by atoms with Crippen LogP contribution in [0.3, 0.4) is 0 Å². The van der Waals surface area contributed by atoms with Crippen molar-refractivity contribution in [3.63, 3.8) is 0 Å². The van der Waals surface area contributed by atoms with Gasteiger partial charge < -0.3 is 29.4 Å². The van der Waals surface area contributed by atoms with Crippen molar-refractivity contribution in [2.24, 2.45) is 0 Å². The summed E-state index contributed by atoms with van der Waals surface area (Å²) in [6.07, 6.45) is 4.64. The molecule has 3 aromatic rings. The predicted molar refractivity (Wildman–Crippen MR) is 138 cm³/mol. The van der Waals surface area contributed by atoms with Gasteiger partial charge in [0, 0.05) is 30.4 Å². The summed E-state index contributed by atoms with van der Waals surface area (Å²) in [5.41, 5.74) is 3.63. The van der Waals surface area contributed by atoms with Crippen LogP contribution in [0.4, 0.5) is 11.4 Å². The number of hydrogen-bond donors (Lipinski definition) is 2. The molecule has 2 aromatic heterocycles. The van der Waals surface area contributed by atoms with Crippen LogP contribution < -0.4 is 14.8 Å². The second-order valence-electron chi connectivity index (χ2n) is 8.56. The number of anilines is 2. The zero-order valence-electron chi connectivity index (χ0n) is 20.4. The number of methoxy groups -OCH3 is 1. The number of esters is 1. The lowest BCUT2D eigenvalue weighted by molar-refractivity contribution is -0.133. The van der Waals surface area contributed by atoms with Crippen LogP contribution in [-0.4, -0.2) is 59.7 Å². The molecule has 1 fully saturated rings. The largest absolute Gasteiger partial charge is 0.493 e. The van der Waals surface area contributed by atoms with E-state index in [1.54, 1.807) is 36.4 Å². The van der Waals surface area contributed by atoms with Crippen LogP contribution in [0.5, 0.6) is 11.5 Å². The number of nitrogens with zero attached hydrogens (tertiary/aromatic N) is 2. The zero-order valence-corrected chi connectivity index (χ0v) is 21.1. The number of nitrogens with one attached hydrogen (secondary N) is 2. The van der Waals surface area contributed by atoms with E-state index in [-0.39, 0.29) is 18.6 Å². The molecule has 0 saturated carbocycles. The fourth-order valence-corrected chi connectivity index (χ4v) is 4.76. The minimum Gasteiger partial charge on any atom is -0.493 e. The lowest BCUT2D eigenvalue weighted by Gasteiger charge is -2.39. The average Bonchev–Trinajstić information content (AvgIpc) is 3.23. The van der Waals surface area contributed by atoms with Crippen molar-refractivity contribution in [2.75, 3.05) is 32.2 Å². The SMILES string of the molecule is CC#CC(=O)N1CC[C@H]1COc1cnccc1-c1[nH]c2c(c1Nc1cccc(Cl)c1OC)C(=O)OCC2. The Bertz CT molecular complexity index is 1420. The molecule has 1 saturated heterocycles. The molecule has 0 bridgehead atoms. The number of hydrogen-bond acceptors (Lipinski definition) is 7. The van der Waals surface area contributed by atoms with Gasteiger partial charge >= 0.3 is 5.97 Å². The molecule has 4 heterocycles. The number of ether oxygens (including phenoxy) is 3. The molecule has 0 radical (unpaired) electrons. The average molecular weight is 521 g/mol. The van der Waals surface area contributed by atoms with Gasteiger partial charge in [0.05, 0.1) is 48.0 Å². The molecule has 0 aliphatic carbocycles. The number of para-hydroxylation sites is 1. The topological polar surface area (TPSA) is 106 Å². The maximum Gasteiger partial charge on any atom is 0.342 e. The monoisotopic (exact) mass is 520 g/mol. The Labute approximate surface area is 219 Å². The maximum absolute atomic E-state index is 12.8. The van der Waals surface area contributed by atoms with Gasteiger partial charge in [-0.3, -0.25) is 9.78 Å². The van der Waals surface area contributed by atoms with E-state index in [1.807, 2.05) is 12.1 Å². The number of cyclic esters (lactones) is 1. The number of pyridine rings is 1. The Hall–Kier alpha value is -4.16. The van der Waals surface area contributed by atoms with Crippen molar-refractivity contribution in [1.82, 2.24) is 14.9 Å². The first-order valence-electron chi connectivity index (χ1n) is 11.8. The quantitative estimate of drug-likeness (QED) is 0.355. The Kier molecular flexibility index (Phi) is 6.93. The van der Waals surface area contributed by atoms with Crippen LogP contribution in [-0.2, 0) is 16.0 Å². The number of aromatic amines is 1. The summed E-state index contributed by atoms with van der Waals surface area (Å²) in [6, 6.07) is 7.07. The molecule has 190 valence electrons. The molecule has 37 heavy (non-hydrogen) atoms. The summed E-state index contributed by atoms with van der Waals surface area (Å²) in [7, 11) is 1.53. The van der Waals surface area contributed by atoms with Gasteiger partial charge in [0.1, 0.15) is 17.9 Å². The number of fused-ring (bicyclic) bond motifs is 1. The van der Waals surface area contributed by atoms with Gasteiger partial charge in [-0.1, -0.05) is 23.6 Å². The second-order valence-corrected chi connectivity index (χ2v) is 8.97. The van der Waals surface area contributed by atoms with Crippen molar-refractivity contribution in [1.29, 1.82) is 0 Å². The normalized spacial score (nSPS) is 16.0. The third-order valence-electron chi connectivity index (χ3n) is 6.42. The van der Waals surface area contributed by atoms with E-state index in [1.165, 1.54) is 7.11 Å². The summed E-state index contributed by atoms with van der Waals surface area (Å²) >= 11 is 6.34. The first-order chi connectivity index (χ1) is 18.0. The van der Waals surface area contributed by atoms with Crippen molar-refractivity contribution in [2.45, 2.75) is 25.8 Å². The molecule has 0 unspecified atom stereocenters. The van der Waals surface area contributed by atoms with Gasteiger partial charge in [-0.15, -0.1) is 0 Å².